The lowest BCUT2D eigenvalue weighted by Gasteiger charge is -1.98. The SMILES string of the molecule is C=C(C)C(=O)OOC=CCCCCCC. The third kappa shape index (κ3) is 9.06. The zero-order valence-corrected chi connectivity index (χ0v) is 9.62. The third-order valence-corrected chi connectivity index (χ3v) is 1.85. The Morgan fingerprint density at radius 3 is 2.67 bits per heavy atom. The monoisotopic (exact) mass is 212 g/mol. The van der Waals surface area contributed by atoms with E-state index in [1.807, 2.05) is 6.08 Å². The largest absolute Gasteiger partial charge is 0.381 e. The highest BCUT2D eigenvalue weighted by atomic mass is 17.2. The molecule has 0 heterocycles. The average molecular weight is 212 g/mol. The van der Waals surface area contributed by atoms with Crippen LogP contribution in [0.15, 0.2) is 24.5 Å². The topological polar surface area (TPSA) is 35.5 Å². The molecule has 0 amide bonds. The molecule has 0 saturated carbocycles. The summed E-state index contributed by atoms with van der Waals surface area (Å²) in [7, 11) is 0. The molecule has 3 nitrogen and oxygen atoms in total. The molecule has 0 aliphatic rings. The van der Waals surface area contributed by atoms with E-state index in [1.165, 1.54) is 25.5 Å². The fourth-order valence-electron chi connectivity index (χ4n) is 0.939. The van der Waals surface area contributed by atoms with E-state index in [9.17, 15) is 4.79 Å². The number of carbonyl (C=O) groups excluding carboxylic acids is 1. The van der Waals surface area contributed by atoms with Crippen molar-refractivity contribution in [1.82, 2.24) is 0 Å². The van der Waals surface area contributed by atoms with Gasteiger partial charge in [-0.2, -0.15) is 0 Å². The smallest absolute Gasteiger partial charge is 0.295 e. The van der Waals surface area contributed by atoms with Crippen molar-refractivity contribution in [1.29, 1.82) is 0 Å². The van der Waals surface area contributed by atoms with Gasteiger partial charge in [-0.3, -0.25) is 4.89 Å². The molecule has 0 atom stereocenters. The van der Waals surface area contributed by atoms with Gasteiger partial charge in [-0.25, -0.2) is 9.68 Å². The van der Waals surface area contributed by atoms with Gasteiger partial charge >= 0.3 is 5.97 Å². The van der Waals surface area contributed by atoms with E-state index in [0.717, 1.165) is 12.8 Å². The van der Waals surface area contributed by atoms with Gasteiger partial charge in [-0.1, -0.05) is 32.8 Å². The number of rotatable bonds is 8. The maximum atomic E-state index is 10.8. The number of allylic oxidation sites excluding steroid dienone is 1. The van der Waals surface area contributed by atoms with Crippen molar-refractivity contribution in [3.05, 3.63) is 24.5 Å². The first-order chi connectivity index (χ1) is 7.18. The highest BCUT2D eigenvalue weighted by Gasteiger charge is 2.02. The molecule has 0 N–H and O–H groups in total. The maximum Gasteiger partial charge on any atom is 0.381 e. The molecule has 0 rings (SSSR count). The first kappa shape index (κ1) is 13.8. The van der Waals surface area contributed by atoms with Gasteiger partial charge in [-0.05, 0) is 25.8 Å². The van der Waals surface area contributed by atoms with Gasteiger partial charge in [0.2, 0.25) is 0 Å². The highest BCUT2D eigenvalue weighted by Crippen LogP contribution is 2.03. The second-order valence-corrected chi connectivity index (χ2v) is 3.47. The number of unbranched alkanes of at least 4 members (excludes halogenated alkanes) is 4. The first-order valence-corrected chi connectivity index (χ1v) is 5.36. The molecule has 0 aromatic rings. The third-order valence-electron chi connectivity index (χ3n) is 1.85. The van der Waals surface area contributed by atoms with Crippen molar-refractivity contribution in [2.45, 2.75) is 46.0 Å². The number of hydrogen-bond donors (Lipinski definition) is 0. The summed E-state index contributed by atoms with van der Waals surface area (Å²) < 4.78 is 0. The van der Waals surface area contributed by atoms with E-state index in [0.29, 0.717) is 5.57 Å². The van der Waals surface area contributed by atoms with E-state index in [2.05, 4.69) is 23.3 Å². The summed E-state index contributed by atoms with van der Waals surface area (Å²) in [4.78, 5) is 19.8. The van der Waals surface area contributed by atoms with Crippen LogP contribution < -0.4 is 0 Å². The molecule has 0 aromatic heterocycles. The lowest BCUT2D eigenvalue weighted by atomic mass is 10.2. The van der Waals surface area contributed by atoms with Crippen LogP contribution in [0.4, 0.5) is 0 Å². The molecular formula is C12H20O3. The summed E-state index contributed by atoms with van der Waals surface area (Å²) in [6.45, 7) is 7.17. The van der Waals surface area contributed by atoms with Crippen molar-refractivity contribution in [3.8, 4) is 0 Å². The molecule has 0 aliphatic heterocycles. The van der Waals surface area contributed by atoms with E-state index in [1.54, 1.807) is 6.92 Å². The summed E-state index contributed by atoms with van der Waals surface area (Å²) in [5.74, 6) is -0.536. The molecule has 0 aliphatic carbocycles. The van der Waals surface area contributed by atoms with Crippen LogP contribution in [-0.4, -0.2) is 5.97 Å². The van der Waals surface area contributed by atoms with E-state index in [4.69, 9.17) is 0 Å². The van der Waals surface area contributed by atoms with Gasteiger partial charge in [0, 0.05) is 5.57 Å². The van der Waals surface area contributed by atoms with Crippen molar-refractivity contribution in [2.24, 2.45) is 0 Å². The predicted octanol–water partition coefficient (Wildman–Crippen LogP) is 3.52. The Balaban J connectivity index is 3.31. The fraction of sp³-hybridized carbons (Fsp3) is 0.583. The number of carbonyl (C=O) groups is 1. The molecule has 0 unspecified atom stereocenters. The van der Waals surface area contributed by atoms with E-state index in [-0.39, 0.29) is 0 Å². The van der Waals surface area contributed by atoms with Crippen LogP contribution in [0.3, 0.4) is 0 Å². The van der Waals surface area contributed by atoms with Crippen LogP contribution in [0.25, 0.3) is 0 Å². The predicted molar refractivity (Wildman–Crippen MR) is 59.9 cm³/mol. The van der Waals surface area contributed by atoms with Gasteiger partial charge in [0.05, 0.1) is 0 Å². The summed E-state index contributed by atoms with van der Waals surface area (Å²) in [5, 5.41) is 0. The van der Waals surface area contributed by atoms with Crippen LogP contribution in [0.2, 0.25) is 0 Å². The standard InChI is InChI=1S/C12H20O3/c1-4-5-6-7-8-9-10-14-15-12(13)11(2)3/h9-10H,2,4-8H2,1,3H3. The Labute approximate surface area is 91.7 Å². The fourth-order valence-corrected chi connectivity index (χ4v) is 0.939. The van der Waals surface area contributed by atoms with Crippen LogP contribution in [-0.2, 0) is 14.6 Å². The maximum absolute atomic E-state index is 10.8. The molecule has 3 heteroatoms. The summed E-state index contributed by atoms with van der Waals surface area (Å²) in [6, 6.07) is 0. The van der Waals surface area contributed by atoms with Crippen LogP contribution in [0.5, 0.6) is 0 Å². The summed E-state index contributed by atoms with van der Waals surface area (Å²) in [6.07, 6.45) is 9.06. The van der Waals surface area contributed by atoms with E-state index >= 15 is 0 Å². The first-order valence-electron chi connectivity index (χ1n) is 5.36. The van der Waals surface area contributed by atoms with Gasteiger partial charge in [0.15, 0.2) is 0 Å². The van der Waals surface area contributed by atoms with Crippen LogP contribution in [0.1, 0.15) is 46.0 Å². The Hall–Kier alpha value is -1.25. The Kier molecular flexibility index (Phi) is 8.53. The van der Waals surface area contributed by atoms with Crippen LogP contribution in [0, 0.1) is 0 Å². The zero-order valence-electron chi connectivity index (χ0n) is 9.62. The zero-order chi connectivity index (χ0) is 11.5. The molecular weight excluding hydrogens is 192 g/mol. The Morgan fingerprint density at radius 1 is 1.33 bits per heavy atom. The number of hydrogen-bond acceptors (Lipinski definition) is 3. The molecule has 0 saturated heterocycles. The van der Waals surface area contributed by atoms with Gasteiger partial charge in [0.25, 0.3) is 0 Å². The van der Waals surface area contributed by atoms with Crippen LogP contribution >= 0.6 is 0 Å². The minimum Gasteiger partial charge on any atom is -0.295 e. The Bertz CT molecular complexity index is 219. The summed E-state index contributed by atoms with van der Waals surface area (Å²) in [5.41, 5.74) is 0.325. The van der Waals surface area contributed by atoms with Crippen molar-refractivity contribution < 1.29 is 14.6 Å². The van der Waals surface area contributed by atoms with Gasteiger partial charge in [-0.15, -0.1) is 0 Å². The van der Waals surface area contributed by atoms with E-state index < -0.39 is 5.97 Å². The lowest BCUT2D eigenvalue weighted by Crippen LogP contribution is -2.02. The quantitative estimate of drug-likeness (QED) is 0.203. The van der Waals surface area contributed by atoms with Crippen molar-refractivity contribution in [3.63, 3.8) is 0 Å². The van der Waals surface area contributed by atoms with Gasteiger partial charge in [0.1, 0.15) is 6.26 Å². The minimum atomic E-state index is -0.536. The van der Waals surface area contributed by atoms with Gasteiger partial charge < -0.3 is 0 Å². The normalized spacial score (nSPS) is 10.3. The Morgan fingerprint density at radius 2 is 2.07 bits per heavy atom. The van der Waals surface area contributed by atoms with Crippen molar-refractivity contribution in [2.75, 3.05) is 0 Å². The average Bonchev–Trinajstić information content (AvgIpc) is 2.21. The molecule has 0 aromatic carbocycles. The lowest BCUT2D eigenvalue weighted by molar-refractivity contribution is -0.233. The highest BCUT2D eigenvalue weighted by molar-refractivity contribution is 5.86. The summed E-state index contributed by atoms with van der Waals surface area (Å²) >= 11 is 0. The van der Waals surface area contributed by atoms with Crippen molar-refractivity contribution >= 4 is 5.97 Å². The second-order valence-electron chi connectivity index (χ2n) is 3.47. The minimum absolute atomic E-state index is 0.325. The molecule has 0 bridgehead atoms. The molecule has 0 radical (unpaired) electrons. The molecule has 15 heavy (non-hydrogen) atoms. The molecule has 0 fully saturated rings. The molecule has 86 valence electrons. The molecule has 0 spiro atoms. The second kappa shape index (κ2) is 9.31.